The van der Waals surface area contributed by atoms with Crippen LogP contribution < -0.4 is 10.6 Å². The van der Waals surface area contributed by atoms with E-state index in [0.717, 1.165) is 10.6 Å². The minimum atomic E-state index is -2.89. The molecule has 158 valence electrons. The topological polar surface area (TPSA) is 54.4 Å². The van der Waals surface area contributed by atoms with Gasteiger partial charge in [-0.15, -0.1) is 0 Å². The molecule has 0 amide bonds. The molecule has 0 heterocycles. The van der Waals surface area contributed by atoms with Gasteiger partial charge in [-0.1, -0.05) is 88.4 Å². The Hall–Kier alpha value is -1.14. The molecule has 1 saturated carbocycles. The van der Waals surface area contributed by atoms with E-state index in [-0.39, 0.29) is 22.9 Å². The standard InChI is InChI=1S/C24H34O3P2/c1-18(2)29(27,19(3)4)23-15-20(24(25)16-23)17-28(26,21-11-7-5-8-12-21)22-13-9-6-10-14-22/h5-14,18-20,23-25H,15-17H2,1-4H3/t20-,23+,24+/m1/s1. The summed E-state index contributed by atoms with van der Waals surface area (Å²) in [4.78, 5) is 0. The molecule has 0 aliphatic heterocycles. The number of hydrogen-bond acceptors (Lipinski definition) is 3. The Morgan fingerprint density at radius 1 is 0.828 bits per heavy atom. The van der Waals surface area contributed by atoms with E-state index in [2.05, 4.69) is 0 Å². The zero-order valence-corrected chi connectivity index (χ0v) is 19.7. The lowest BCUT2D eigenvalue weighted by Gasteiger charge is -2.32. The summed E-state index contributed by atoms with van der Waals surface area (Å²) in [6.45, 7) is 8.16. The van der Waals surface area contributed by atoms with Crippen LogP contribution in [0.2, 0.25) is 0 Å². The maximum Gasteiger partial charge on any atom is 0.143 e. The maximum atomic E-state index is 14.4. The first kappa shape index (κ1) is 22.5. The Labute approximate surface area is 175 Å². The van der Waals surface area contributed by atoms with Gasteiger partial charge in [0.25, 0.3) is 0 Å². The summed E-state index contributed by atoms with van der Waals surface area (Å²) in [6.07, 6.45) is 1.13. The molecule has 5 heteroatoms. The van der Waals surface area contributed by atoms with Crippen molar-refractivity contribution in [3.8, 4) is 0 Å². The third-order valence-corrected chi connectivity index (χ3v) is 14.7. The number of rotatable bonds is 7. The van der Waals surface area contributed by atoms with Crippen LogP contribution in [-0.4, -0.2) is 34.3 Å². The molecular formula is C24H34O3P2. The van der Waals surface area contributed by atoms with E-state index < -0.39 is 20.4 Å². The summed E-state index contributed by atoms with van der Waals surface area (Å²) >= 11 is 0. The second kappa shape index (κ2) is 8.93. The van der Waals surface area contributed by atoms with Crippen molar-refractivity contribution in [3.05, 3.63) is 60.7 Å². The van der Waals surface area contributed by atoms with Crippen LogP contribution in [0.4, 0.5) is 0 Å². The van der Waals surface area contributed by atoms with Crippen molar-refractivity contribution < 1.29 is 14.2 Å². The summed E-state index contributed by atoms with van der Waals surface area (Å²) in [5.41, 5.74) is 0.226. The predicted octanol–water partition coefficient (Wildman–Crippen LogP) is 5.32. The molecule has 2 aromatic rings. The van der Waals surface area contributed by atoms with E-state index in [1.807, 2.05) is 88.4 Å². The zero-order chi connectivity index (χ0) is 21.2. The van der Waals surface area contributed by atoms with Crippen molar-refractivity contribution in [1.29, 1.82) is 0 Å². The molecule has 1 aliphatic carbocycles. The summed E-state index contributed by atoms with van der Waals surface area (Å²) in [7, 11) is -5.33. The van der Waals surface area contributed by atoms with E-state index in [1.165, 1.54) is 0 Å². The van der Waals surface area contributed by atoms with Crippen molar-refractivity contribution in [3.63, 3.8) is 0 Å². The van der Waals surface area contributed by atoms with E-state index in [4.69, 9.17) is 0 Å². The summed E-state index contributed by atoms with van der Waals surface area (Å²) in [6, 6.07) is 19.3. The second-order valence-electron chi connectivity index (χ2n) is 9.00. The van der Waals surface area contributed by atoms with Crippen LogP contribution in [0.1, 0.15) is 40.5 Å². The van der Waals surface area contributed by atoms with Crippen molar-refractivity contribution in [2.24, 2.45) is 5.92 Å². The average Bonchev–Trinajstić information content (AvgIpc) is 3.08. The lowest BCUT2D eigenvalue weighted by molar-refractivity contribution is 0.142. The van der Waals surface area contributed by atoms with Crippen LogP contribution in [-0.2, 0) is 9.13 Å². The molecule has 3 atom stereocenters. The van der Waals surface area contributed by atoms with Gasteiger partial charge in [-0.25, -0.2) is 0 Å². The average molecular weight is 432 g/mol. The molecular weight excluding hydrogens is 398 g/mol. The van der Waals surface area contributed by atoms with Crippen LogP contribution in [0, 0.1) is 5.92 Å². The van der Waals surface area contributed by atoms with E-state index in [0.29, 0.717) is 19.0 Å². The van der Waals surface area contributed by atoms with Gasteiger partial charge in [0.2, 0.25) is 0 Å². The lowest BCUT2D eigenvalue weighted by Crippen LogP contribution is -2.26. The van der Waals surface area contributed by atoms with Gasteiger partial charge in [-0.2, -0.15) is 0 Å². The molecule has 29 heavy (non-hydrogen) atoms. The monoisotopic (exact) mass is 432 g/mol. The highest BCUT2D eigenvalue weighted by Crippen LogP contribution is 2.64. The van der Waals surface area contributed by atoms with Crippen LogP contribution in [0.3, 0.4) is 0 Å². The minimum Gasteiger partial charge on any atom is -0.393 e. The van der Waals surface area contributed by atoms with Crippen molar-refractivity contribution in [2.75, 3.05) is 6.16 Å². The van der Waals surface area contributed by atoms with E-state index in [9.17, 15) is 14.2 Å². The minimum absolute atomic E-state index is 0.0162. The third-order valence-electron chi connectivity index (χ3n) is 6.66. The van der Waals surface area contributed by atoms with E-state index in [1.54, 1.807) is 0 Å². The van der Waals surface area contributed by atoms with Crippen LogP contribution in [0.15, 0.2) is 60.7 Å². The molecule has 1 aliphatic rings. The van der Waals surface area contributed by atoms with Crippen molar-refractivity contribution in [1.82, 2.24) is 0 Å². The van der Waals surface area contributed by atoms with Gasteiger partial charge in [0.05, 0.1) is 13.2 Å². The molecule has 1 N–H and O–H groups in total. The van der Waals surface area contributed by atoms with Gasteiger partial charge in [0.15, 0.2) is 0 Å². The normalized spacial score (nSPS) is 23.1. The Kier molecular flexibility index (Phi) is 6.94. The first-order valence-corrected chi connectivity index (χ1v) is 14.5. The van der Waals surface area contributed by atoms with Gasteiger partial charge in [0.1, 0.15) is 7.14 Å². The van der Waals surface area contributed by atoms with E-state index >= 15 is 0 Å². The molecule has 0 aromatic heterocycles. The highest BCUT2D eigenvalue weighted by atomic mass is 31.2. The predicted molar refractivity (Wildman–Crippen MR) is 125 cm³/mol. The SMILES string of the molecule is CC(C)P(=O)(C(C)C)[C@H]1C[C@H](CP(=O)(c2ccccc2)c2ccccc2)[C@@H](O)C1. The molecule has 0 saturated heterocycles. The van der Waals surface area contributed by atoms with Crippen molar-refractivity contribution in [2.45, 2.75) is 63.6 Å². The smallest absolute Gasteiger partial charge is 0.143 e. The first-order valence-electron chi connectivity index (χ1n) is 10.7. The Balaban J connectivity index is 1.94. The fourth-order valence-electron chi connectivity index (χ4n) is 5.07. The van der Waals surface area contributed by atoms with Gasteiger partial charge in [-0.3, -0.25) is 0 Å². The molecule has 0 unspecified atom stereocenters. The first-order chi connectivity index (χ1) is 13.7. The summed E-state index contributed by atoms with van der Waals surface area (Å²) < 4.78 is 28.2. The highest BCUT2D eigenvalue weighted by molar-refractivity contribution is 7.78. The fourth-order valence-corrected chi connectivity index (χ4v) is 12.2. The Bertz CT molecular complexity index is 837. The second-order valence-corrected chi connectivity index (χ2v) is 16.2. The quantitative estimate of drug-likeness (QED) is 0.603. The Morgan fingerprint density at radius 3 is 1.69 bits per heavy atom. The van der Waals surface area contributed by atoms with Crippen LogP contribution >= 0.6 is 14.3 Å². The van der Waals surface area contributed by atoms with Gasteiger partial charge in [0, 0.05) is 33.7 Å². The molecule has 3 nitrogen and oxygen atoms in total. The third kappa shape index (κ3) is 4.34. The molecule has 0 bridgehead atoms. The van der Waals surface area contributed by atoms with Gasteiger partial charge < -0.3 is 14.2 Å². The molecule has 3 rings (SSSR count). The molecule has 1 fully saturated rings. The summed E-state index contributed by atoms with van der Waals surface area (Å²) in [5.74, 6) is -0.0999. The molecule has 0 spiro atoms. The molecule has 0 radical (unpaired) electrons. The summed E-state index contributed by atoms with van der Waals surface area (Å²) in [5, 5.41) is 12.6. The zero-order valence-electron chi connectivity index (χ0n) is 17.9. The van der Waals surface area contributed by atoms with Gasteiger partial charge in [-0.05, 0) is 18.8 Å². The number of hydrogen-bond donors (Lipinski definition) is 1. The largest absolute Gasteiger partial charge is 0.393 e. The molecule has 2 aromatic carbocycles. The lowest BCUT2D eigenvalue weighted by atomic mass is 10.1. The van der Waals surface area contributed by atoms with Crippen LogP contribution in [0.25, 0.3) is 0 Å². The number of aliphatic hydroxyl groups is 1. The fraction of sp³-hybridized carbons (Fsp3) is 0.500. The highest BCUT2D eigenvalue weighted by Gasteiger charge is 2.47. The van der Waals surface area contributed by atoms with Crippen molar-refractivity contribution >= 4 is 24.9 Å². The van der Waals surface area contributed by atoms with Gasteiger partial charge >= 0.3 is 0 Å². The van der Waals surface area contributed by atoms with Crippen LogP contribution in [0.5, 0.6) is 0 Å². The maximum absolute atomic E-state index is 14.4. The Morgan fingerprint density at radius 2 is 1.28 bits per heavy atom. The number of benzene rings is 2. The number of aliphatic hydroxyl groups excluding tert-OH is 1.